The van der Waals surface area contributed by atoms with E-state index in [-0.39, 0.29) is 18.2 Å². The third kappa shape index (κ3) is 5.98. The molecule has 0 bridgehead atoms. The number of rotatable bonds is 3. The van der Waals surface area contributed by atoms with Gasteiger partial charge in [0, 0.05) is 0 Å². The molecule has 0 spiro atoms. The molecule has 0 saturated heterocycles. The van der Waals surface area contributed by atoms with E-state index >= 15 is 0 Å². The van der Waals surface area contributed by atoms with Crippen LogP contribution in [0.5, 0.6) is 0 Å². The molecule has 0 aliphatic carbocycles. The van der Waals surface area contributed by atoms with Crippen molar-refractivity contribution in [1.29, 1.82) is 0 Å². The van der Waals surface area contributed by atoms with Crippen LogP contribution in [-0.4, -0.2) is 17.6 Å². The molecule has 0 heterocycles. The first-order valence-electron chi connectivity index (χ1n) is 5.51. The molecule has 1 rings (SSSR count). The monoisotopic (exact) mass is 275 g/mol. The summed E-state index contributed by atoms with van der Waals surface area (Å²) in [6, 6.07) is 5.19. The molecule has 18 heavy (non-hydrogen) atoms. The Morgan fingerprint density at radius 1 is 1.33 bits per heavy atom. The molecule has 0 aliphatic rings. The number of nitrogens with two attached hydrogens (primary N) is 1. The van der Waals surface area contributed by atoms with Gasteiger partial charge in [0.15, 0.2) is 0 Å². The van der Waals surface area contributed by atoms with Gasteiger partial charge in [-0.1, -0.05) is 12.1 Å². The Hall–Kier alpha value is -1.13. The van der Waals surface area contributed by atoms with E-state index in [4.69, 9.17) is 10.5 Å². The second-order valence-corrected chi connectivity index (χ2v) is 4.97. The summed E-state index contributed by atoms with van der Waals surface area (Å²) >= 11 is 0. The van der Waals surface area contributed by atoms with Gasteiger partial charge in [-0.2, -0.15) is 0 Å². The molecule has 0 radical (unpaired) electrons. The number of esters is 1. The summed E-state index contributed by atoms with van der Waals surface area (Å²) in [7, 11) is 0. The maximum absolute atomic E-state index is 12.7. The third-order valence-corrected chi connectivity index (χ3v) is 2.08. The second kappa shape index (κ2) is 6.71. The minimum Gasteiger partial charge on any atom is -0.459 e. The van der Waals surface area contributed by atoms with Crippen molar-refractivity contribution in [2.24, 2.45) is 5.73 Å². The normalized spacial score (nSPS) is 12.5. The first-order valence-corrected chi connectivity index (χ1v) is 5.51. The molecule has 1 aromatic carbocycles. The molecular formula is C13H19ClFNO2. The van der Waals surface area contributed by atoms with Crippen LogP contribution in [0.3, 0.4) is 0 Å². The van der Waals surface area contributed by atoms with E-state index in [1.54, 1.807) is 32.9 Å². The van der Waals surface area contributed by atoms with E-state index in [0.29, 0.717) is 6.42 Å². The molecule has 0 amide bonds. The highest BCUT2D eigenvalue weighted by Gasteiger charge is 2.22. The zero-order valence-corrected chi connectivity index (χ0v) is 11.6. The number of benzene rings is 1. The van der Waals surface area contributed by atoms with Gasteiger partial charge in [-0.3, -0.25) is 4.79 Å². The van der Waals surface area contributed by atoms with E-state index < -0.39 is 17.6 Å². The highest BCUT2D eigenvalue weighted by molar-refractivity contribution is 5.85. The molecule has 5 heteroatoms. The van der Waals surface area contributed by atoms with Gasteiger partial charge < -0.3 is 10.5 Å². The van der Waals surface area contributed by atoms with E-state index in [1.165, 1.54) is 12.1 Å². The number of carbonyl (C=O) groups is 1. The largest absolute Gasteiger partial charge is 0.459 e. The van der Waals surface area contributed by atoms with Gasteiger partial charge in [-0.05, 0) is 44.9 Å². The Balaban J connectivity index is 0.00000289. The lowest BCUT2D eigenvalue weighted by Gasteiger charge is -2.22. The van der Waals surface area contributed by atoms with Crippen LogP contribution in [0.4, 0.5) is 4.39 Å². The highest BCUT2D eigenvalue weighted by Crippen LogP contribution is 2.10. The quantitative estimate of drug-likeness (QED) is 0.862. The number of halogens is 2. The molecule has 1 aromatic rings. The van der Waals surface area contributed by atoms with Gasteiger partial charge in [-0.25, -0.2) is 4.39 Å². The van der Waals surface area contributed by atoms with Crippen molar-refractivity contribution >= 4 is 18.4 Å². The van der Waals surface area contributed by atoms with Crippen molar-refractivity contribution in [3.63, 3.8) is 0 Å². The van der Waals surface area contributed by atoms with Crippen molar-refractivity contribution in [3.8, 4) is 0 Å². The summed E-state index contributed by atoms with van der Waals surface area (Å²) in [6.45, 7) is 5.36. The Labute approximate surface area is 113 Å². The Kier molecular flexibility index (Phi) is 6.29. The van der Waals surface area contributed by atoms with Crippen molar-refractivity contribution in [1.82, 2.24) is 0 Å². The summed E-state index contributed by atoms with van der Waals surface area (Å²) < 4.78 is 17.8. The lowest BCUT2D eigenvalue weighted by molar-refractivity contribution is -0.156. The predicted octanol–water partition coefficient (Wildman–Crippen LogP) is 2.46. The van der Waals surface area contributed by atoms with E-state index in [9.17, 15) is 9.18 Å². The third-order valence-electron chi connectivity index (χ3n) is 2.08. The first kappa shape index (κ1) is 16.9. The topological polar surface area (TPSA) is 52.3 Å². The summed E-state index contributed by atoms with van der Waals surface area (Å²) in [4.78, 5) is 11.6. The summed E-state index contributed by atoms with van der Waals surface area (Å²) in [6.07, 6.45) is 0.342. The SMILES string of the molecule is CC(C)(C)OC(=O)C(N)Cc1ccc(F)cc1.Cl. The van der Waals surface area contributed by atoms with Gasteiger partial charge in [0.25, 0.3) is 0 Å². The van der Waals surface area contributed by atoms with Crippen LogP contribution in [0.25, 0.3) is 0 Å². The smallest absolute Gasteiger partial charge is 0.323 e. The lowest BCUT2D eigenvalue weighted by Crippen LogP contribution is -2.38. The molecular weight excluding hydrogens is 257 g/mol. The maximum Gasteiger partial charge on any atom is 0.323 e. The van der Waals surface area contributed by atoms with E-state index in [1.807, 2.05) is 0 Å². The minimum absolute atomic E-state index is 0. The van der Waals surface area contributed by atoms with Crippen LogP contribution < -0.4 is 5.73 Å². The second-order valence-electron chi connectivity index (χ2n) is 4.97. The zero-order chi connectivity index (χ0) is 13.1. The molecule has 3 nitrogen and oxygen atoms in total. The standard InChI is InChI=1S/C13H18FNO2.ClH/c1-13(2,3)17-12(16)11(15)8-9-4-6-10(14)7-5-9;/h4-7,11H,8,15H2,1-3H3;1H. The van der Waals surface area contributed by atoms with Crippen LogP contribution in [-0.2, 0) is 16.0 Å². The Morgan fingerprint density at radius 3 is 2.28 bits per heavy atom. The van der Waals surface area contributed by atoms with E-state index in [0.717, 1.165) is 5.56 Å². The average Bonchev–Trinajstić information content (AvgIpc) is 2.19. The minimum atomic E-state index is -0.723. The molecule has 0 saturated carbocycles. The van der Waals surface area contributed by atoms with Crippen LogP contribution in [0, 0.1) is 5.82 Å². The highest BCUT2D eigenvalue weighted by atomic mass is 35.5. The summed E-state index contributed by atoms with van der Waals surface area (Å²) in [5.74, 6) is -0.749. The fourth-order valence-corrected chi connectivity index (χ4v) is 1.34. The average molecular weight is 276 g/mol. The molecule has 102 valence electrons. The van der Waals surface area contributed by atoms with Gasteiger partial charge in [0.05, 0.1) is 0 Å². The van der Waals surface area contributed by atoms with E-state index in [2.05, 4.69) is 0 Å². The van der Waals surface area contributed by atoms with Crippen LogP contribution in [0.15, 0.2) is 24.3 Å². The summed E-state index contributed by atoms with van der Waals surface area (Å²) in [5.41, 5.74) is 5.99. The Bertz CT molecular complexity index is 387. The van der Waals surface area contributed by atoms with Gasteiger partial charge in [0.2, 0.25) is 0 Å². The number of hydrogen-bond acceptors (Lipinski definition) is 3. The molecule has 2 N–H and O–H groups in total. The van der Waals surface area contributed by atoms with Gasteiger partial charge >= 0.3 is 5.97 Å². The van der Waals surface area contributed by atoms with Crippen molar-refractivity contribution in [2.45, 2.75) is 38.8 Å². The fourth-order valence-electron chi connectivity index (χ4n) is 1.34. The Morgan fingerprint density at radius 2 is 1.83 bits per heavy atom. The van der Waals surface area contributed by atoms with Crippen LogP contribution in [0.1, 0.15) is 26.3 Å². The molecule has 1 atom stereocenters. The summed E-state index contributed by atoms with van der Waals surface area (Å²) in [5, 5.41) is 0. The van der Waals surface area contributed by atoms with Gasteiger partial charge in [0.1, 0.15) is 17.5 Å². The van der Waals surface area contributed by atoms with Crippen LogP contribution >= 0.6 is 12.4 Å². The fraction of sp³-hybridized carbons (Fsp3) is 0.462. The molecule has 0 fully saturated rings. The van der Waals surface area contributed by atoms with Crippen molar-refractivity contribution in [2.75, 3.05) is 0 Å². The lowest BCUT2D eigenvalue weighted by atomic mass is 10.1. The van der Waals surface area contributed by atoms with Gasteiger partial charge in [-0.15, -0.1) is 12.4 Å². The molecule has 1 unspecified atom stereocenters. The van der Waals surface area contributed by atoms with Crippen molar-refractivity contribution in [3.05, 3.63) is 35.6 Å². The zero-order valence-electron chi connectivity index (χ0n) is 10.8. The molecule has 0 aromatic heterocycles. The number of carbonyl (C=O) groups excluding carboxylic acids is 1. The predicted molar refractivity (Wildman–Crippen MR) is 71.2 cm³/mol. The molecule has 0 aliphatic heterocycles. The maximum atomic E-state index is 12.7. The first-order chi connectivity index (χ1) is 7.78. The van der Waals surface area contributed by atoms with Crippen LogP contribution in [0.2, 0.25) is 0 Å². The number of ether oxygens (including phenoxy) is 1. The van der Waals surface area contributed by atoms with Crippen molar-refractivity contribution < 1.29 is 13.9 Å². The number of hydrogen-bond donors (Lipinski definition) is 1.